The van der Waals surface area contributed by atoms with Crippen LogP contribution in [0.5, 0.6) is 0 Å². The lowest BCUT2D eigenvalue weighted by Gasteiger charge is -2.41. The van der Waals surface area contributed by atoms with Crippen LogP contribution in [0.2, 0.25) is 0 Å². The van der Waals surface area contributed by atoms with Crippen molar-refractivity contribution >= 4 is 21.2 Å². The van der Waals surface area contributed by atoms with Gasteiger partial charge in [0.15, 0.2) is 0 Å². The minimum absolute atomic E-state index is 1.50. The van der Waals surface area contributed by atoms with E-state index in [9.17, 15) is 65.9 Å². The summed E-state index contributed by atoms with van der Waals surface area (Å²) in [6.07, 6.45) is -14.1. The summed E-state index contributed by atoms with van der Waals surface area (Å²) in [6.45, 7) is 0. The quantitative estimate of drug-likeness (QED) is 0.364. The van der Waals surface area contributed by atoms with E-state index in [1.807, 2.05) is 0 Å². The molecule has 0 atom stereocenters. The fraction of sp³-hybridized carbons (Fsp3) is 1.00. The Bertz CT molecular complexity index is 456. The third-order valence-corrected chi connectivity index (χ3v) is 5.28. The molecule has 0 rings (SSSR count). The first kappa shape index (κ1) is 24.4. The average Bonchev–Trinajstić information content (AvgIpc) is 2.19. The molecule has 0 heterocycles. The van der Waals surface area contributed by atoms with Crippen molar-refractivity contribution in [3.63, 3.8) is 0 Å². The zero-order valence-corrected chi connectivity index (χ0v) is 12.3. The van der Waals surface area contributed by atoms with Gasteiger partial charge in [-0.1, -0.05) is 12.6 Å². The highest BCUT2D eigenvalue weighted by Crippen LogP contribution is 2.57. The van der Waals surface area contributed by atoms with Crippen LogP contribution in [-0.2, 0) is 8.85 Å². The monoisotopic (exact) mass is 450 g/mol. The molecule has 0 aliphatic heterocycles. The van der Waals surface area contributed by atoms with Gasteiger partial charge in [-0.25, -0.2) is 0 Å². The molecule has 0 spiro atoms. The van der Waals surface area contributed by atoms with Crippen LogP contribution in [0.15, 0.2) is 0 Å². The maximum Gasteiger partial charge on any atom is 0.550 e. The van der Waals surface area contributed by atoms with Crippen LogP contribution in [0, 0.1) is 0 Å². The lowest BCUT2D eigenvalue weighted by molar-refractivity contribution is -0.362. The predicted octanol–water partition coefficient (Wildman–Crippen LogP) is 4.94. The Morgan fingerprint density at radius 2 is 0.840 bits per heavy atom. The summed E-state index contributed by atoms with van der Waals surface area (Å²) in [7, 11) is -9.60. The number of thiol groups is 1. The summed E-state index contributed by atoms with van der Waals surface area (Å²) in [4.78, 5) is 0. The van der Waals surface area contributed by atoms with Gasteiger partial charge in [-0.2, -0.15) is 39.5 Å². The summed E-state index contributed by atoms with van der Waals surface area (Å²) in [5.74, 6) is -15.1. The average molecular weight is 450 g/mol. The molecule has 152 valence electrons. The van der Waals surface area contributed by atoms with Gasteiger partial charge in [-0.15, -0.1) is 26.3 Å². The van der Waals surface area contributed by atoms with Gasteiger partial charge in [0.2, 0.25) is 0 Å². The Morgan fingerprint density at radius 3 is 1.00 bits per heavy atom. The number of alkyl halides is 15. The fourth-order valence-electron chi connectivity index (χ4n) is 1.16. The second-order valence-corrected chi connectivity index (χ2v) is 7.30. The number of hydrogen-bond donors (Lipinski definition) is 1. The molecule has 0 aliphatic rings. The summed E-state index contributed by atoms with van der Waals surface area (Å²) in [6, 6.07) is 0. The van der Waals surface area contributed by atoms with Crippen LogP contribution < -0.4 is 0 Å². The fourth-order valence-corrected chi connectivity index (χ4v) is 3.52. The smallest absolute Gasteiger partial charge is 0.296 e. The van der Waals surface area contributed by atoms with E-state index in [-0.39, 0.29) is 0 Å². The molecule has 0 aromatic rings. The van der Waals surface area contributed by atoms with Crippen molar-refractivity contribution in [1.29, 1.82) is 0 Å². The summed E-state index contributed by atoms with van der Waals surface area (Å²) in [5.41, 5.74) is -7.84. The Hall–Kier alpha value is -0.563. The molecule has 0 aliphatic carbocycles. The van der Waals surface area contributed by atoms with E-state index in [0.717, 1.165) is 0 Å². The van der Waals surface area contributed by atoms with E-state index in [2.05, 4.69) is 0 Å². The number of hydrogen-bond acceptors (Lipinski definition) is 3. The molecule has 0 amide bonds. The Balaban J connectivity index is 6.84. The highest BCUT2D eigenvalue weighted by atomic mass is 32.1. The molecule has 25 heavy (non-hydrogen) atoms. The van der Waals surface area contributed by atoms with Gasteiger partial charge in [0.1, 0.15) is 0 Å². The molecule has 0 bridgehead atoms. The van der Waals surface area contributed by atoms with E-state index in [1.165, 1.54) is 12.6 Å². The second-order valence-electron chi connectivity index (χ2n) is 3.90. The van der Waals surface area contributed by atoms with Crippen LogP contribution in [-0.4, -0.2) is 43.8 Å². The molecule has 0 saturated carbocycles. The molecule has 0 N–H and O–H groups in total. The molecule has 0 radical (unpaired) electrons. The van der Waals surface area contributed by atoms with Crippen molar-refractivity contribution in [3.8, 4) is 0 Å². The van der Waals surface area contributed by atoms with E-state index in [1.54, 1.807) is 8.85 Å². The van der Waals surface area contributed by atoms with Crippen molar-refractivity contribution in [1.82, 2.24) is 0 Å². The van der Waals surface area contributed by atoms with Crippen molar-refractivity contribution in [2.45, 2.75) is 35.2 Å². The largest absolute Gasteiger partial charge is 0.550 e. The lowest BCUT2D eigenvalue weighted by Crippen LogP contribution is -2.78. The molecule has 0 aromatic heterocycles. The third kappa shape index (κ3) is 4.79. The Kier molecular flexibility index (Phi) is 6.11. The zero-order valence-electron chi connectivity index (χ0n) is 10.4. The van der Waals surface area contributed by atoms with Crippen molar-refractivity contribution < 1.29 is 74.7 Å². The number of halogens is 15. The van der Waals surface area contributed by atoms with Gasteiger partial charge in [-0.05, 0) is 0 Å². The minimum atomic E-state index is -9.60. The SMILES string of the molecule is FC(F)(F)O[Si](OC(F)(F)F)(C(F)(F)F)C(F)(F)C(F)(F)C(F)(F)S. The van der Waals surface area contributed by atoms with Crippen LogP contribution in [0.4, 0.5) is 65.9 Å². The molecule has 0 saturated heterocycles. The molecule has 0 unspecified atom stereocenters. The first-order valence-electron chi connectivity index (χ1n) is 4.87. The normalized spacial score (nSPS) is 16.3. The molecular formula is C6HF15O2SSi. The predicted molar refractivity (Wildman–Crippen MR) is 49.9 cm³/mol. The highest BCUT2D eigenvalue weighted by molar-refractivity contribution is 7.81. The molecule has 0 fully saturated rings. The van der Waals surface area contributed by atoms with Crippen molar-refractivity contribution in [2.24, 2.45) is 0 Å². The van der Waals surface area contributed by atoms with Gasteiger partial charge < -0.3 is 0 Å². The second kappa shape index (κ2) is 6.25. The van der Waals surface area contributed by atoms with E-state index in [4.69, 9.17) is 0 Å². The van der Waals surface area contributed by atoms with E-state index in [0.29, 0.717) is 0 Å². The third-order valence-electron chi connectivity index (χ3n) is 2.08. The van der Waals surface area contributed by atoms with Gasteiger partial charge >= 0.3 is 43.8 Å². The van der Waals surface area contributed by atoms with Crippen LogP contribution in [0.25, 0.3) is 0 Å². The Morgan fingerprint density at radius 1 is 0.560 bits per heavy atom. The first-order chi connectivity index (χ1) is 10.4. The maximum atomic E-state index is 13.4. The highest BCUT2D eigenvalue weighted by Gasteiger charge is 2.92. The van der Waals surface area contributed by atoms with Crippen molar-refractivity contribution in [3.05, 3.63) is 0 Å². The minimum Gasteiger partial charge on any atom is -0.296 e. The first-order valence-corrected chi connectivity index (χ1v) is 7.14. The topological polar surface area (TPSA) is 18.5 Å². The van der Waals surface area contributed by atoms with Gasteiger partial charge in [-0.3, -0.25) is 8.85 Å². The zero-order chi connectivity index (χ0) is 20.9. The standard InChI is InChI=1S/C6HF15O2SSi/c7-1(8,2(9,10)24)3(11,12)25(6(19,20)21,22-4(13,14)15)23-5(16,17)18/h24H. The molecule has 19 heteroatoms. The van der Waals surface area contributed by atoms with Crippen molar-refractivity contribution in [2.75, 3.05) is 0 Å². The van der Waals surface area contributed by atoms with Crippen LogP contribution in [0.3, 0.4) is 0 Å². The molecular weight excluding hydrogens is 449 g/mol. The summed E-state index contributed by atoms with van der Waals surface area (Å²) in [5, 5.41) is -6.50. The van der Waals surface area contributed by atoms with E-state index >= 15 is 0 Å². The van der Waals surface area contributed by atoms with Gasteiger partial charge in [0.25, 0.3) is 0 Å². The van der Waals surface area contributed by atoms with Crippen LogP contribution >= 0.6 is 12.6 Å². The summed E-state index contributed by atoms with van der Waals surface area (Å²) >= 11 is 1.50. The molecule has 2 nitrogen and oxygen atoms in total. The molecule has 0 aromatic carbocycles. The van der Waals surface area contributed by atoms with E-state index < -0.39 is 43.8 Å². The maximum absolute atomic E-state index is 13.4. The van der Waals surface area contributed by atoms with Crippen LogP contribution in [0.1, 0.15) is 0 Å². The Labute approximate surface area is 132 Å². The summed E-state index contributed by atoms with van der Waals surface area (Å²) < 4.78 is 190. The van der Waals surface area contributed by atoms with Gasteiger partial charge in [0, 0.05) is 0 Å². The van der Waals surface area contributed by atoms with Gasteiger partial charge in [0.05, 0.1) is 0 Å². The lowest BCUT2D eigenvalue weighted by atomic mass is 10.3. The number of rotatable bonds is 5.